The molecule has 0 aromatic carbocycles. The Morgan fingerprint density at radius 2 is 2.28 bits per heavy atom. The molecule has 5 nitrogen and oxygen atoms in total. The molecule has 0 bridgehead atoms. The van der Waals surface area contributed by atoms with Crippen LogP contribution in [-0.4, -0.2) is 16.0 Å². The van der Waals surface area contributed by atoms with Gasteiger partial charge in [0.05, 0.1) is 6.33 Å². The van der Waals surface area contributed by atoms with Crippen LogP contribution >= 0.6 is 11.3 Å². The van der Waals surface area contributed by atoms with E-state index in [1.165, 1.54) is 30.5 Å². The topological polar surface area (TPSA) is 81.6 Å². The number of nitriles is 1. The fraction of sp³-hybridized carbons (Fsp3) is 0.417. The Balaban J connectivity index is 2.08. The Kier molecular flexibility index (Phi) is 2.76. The second-order valence-corrected chi connectivity index (χ2v) is 5.47. The fourth-order valence-corrected chi connectivity index (χ4v) is 3.46. The first-order chi connectivity index (χ1) is 8.79. The van der Waals surface area contributed by atoms with Crippen molar-refractivity contribution in [2.24, 2.45) is 0 Å². The van der Waals surface area contributed by atoms with Crippen molar-refractivity contribution < 1.29 is 0 Å². The van der Waals surface area contributed by atoms with Gasteiger partial charge in [-0.15, -0.1) is 11.3 Å². The van der Waals surface area contributed by atoms with Crippen LogP contribution in [0.4, 0.5) is 5.00 Å². The van der Waals surface area contributed by atoms with Gasteiger partial charge in [-0.2, -0.15) is 5.26 Å². The number of rotatable bonds is 2. The van der Waals surface area contributed by atoms with Gasteiger partial charge in [0.2, 0.25) is 0 Å². The number of hydrogen-bond donors (Lipinski definition) is 2. The quantitative estimate of drug-likeness (QED) is 0.867. The first-order valence-electron chi connectivity index (χ1n) is 5.96. The molecule has 0 aliphatic heterocycles. The Bertz CT molecular complexity index is 675. The van der Waals surface area contributed by atoms with Crippen LogP contribution in [0.25, 0.3) is 10.2 Å². The van der Waals surface area contributed by atoms with Crippen LogP contribution in [0.5, 0.6) is 0 Å². The Morgan fingerprint density at radius 3 is 3.00 bits per heavy atom. The molecule has 0 atom stereocenters. The number of H-pyrrole nitrogens is 1. The molecule has 1 fully saturated rings. The van der Waals surface area contributed by atoms with Crippen LogP contribution in [0, 0.1) is 11.3 Å². The van der Waals surface area contributed by atoms with Gasteiger partial charge in [-0.25, -0.2) is 4.98 Å². The van der Waals surface area contributed by atoms with Crippen molar-refractivity contribution in [1.29, 1.82) is 5.26 Å². The maximum absolute atomic E-state index is 11.7. The van der Waals surface area contributed by atoms with E-state index in [4.69, 9.17) is 0 Å². The summed E-state index contributed by atoms with van der Waals surface area (Å²) in [5, 5.41) is 13.4. The van der Waals surface area contributed by atoms with Crippen LogP contribution in [0.3, 0.4) is 0 Å². The van der Waals surface area contributed by atoms with E-state index in [9.17, 15) is 10.1 Å². The third-order valence-electron chi connectivity index (χ3n) is 3.28. The van der Waals surface area contributed by atoms with Gasteiger partial charge in [0.25, 0.3) is 5.56 Å². The highest BCUT2D eigenvalue weighted by molar-refractivity contribution is 7.23. The molecule has 0 spiro atoms. The zero-order chi connectivity index (χ0) is 12.5. The van der Waals surface area contributed by atoms with Gasteiger partial charge in [-0.3, -0.25) is 4.79 Å². The predicted octanol–water partition coefficient (Wildman–Crippen LogP) is 2.21. The average Bonchev–Trinajstić information content (AvgIpc) is 2.97. The number of fused-ring (bicyclic) bond motifs is 1. The number of aromatic amines is 1. The molecule has 0 unspecified atom stereocenters. The van der Waals surface area contributed by atoms with E-state index >= 15 is 0 Å². The highest BCUT2D eigenvalue weighted by atomic mass is 32.1. The summed E-state index contributed by atoms with van der Waals surface area (Å²) in [7, 11) is 0. The molecule has 1 aliphatic rings. The third kappa shape index (κ3) is 1.77. The molecule has 6 heteroatoms. The second kappa shape index (κ2) is 4.42. The summed E-state index contributed by atoms with van der Waals surface area (Å²) in [6.45, 7) is 0. The molecule has 1 saturated carbocycles. The van der Waals surface area contributed by atoms with Crippen LogP contribution < -0.4 is 10.9 Å². The molecule has 2 aromatic rings. The Labute approximate surface area is 107 Å². The first-order valence-corrected chi connectivity index (χ1v) is 6.78. The molecule has 1 aliphatic carbocycles. The summed E-state index contributed by atoms with van der Waals surface area (Å²) < 4.78 is 0.523. The summed E-state index contributed by atoms with van der Waals surface area (Å²) in [4.78, 5) is 18.3. The second-order valence-electron chi connectivity index (χ2n) is 4.45. The van der Waals surface area contributed by atoms with E-state index in [0.29, 0.717) is 21.8 Å². The SMILES string of the molecule is N#Cc1c(NC2CCCC2)sc2c(=O)[nH]cnc12. The minimum Gasteiger partial charge on any atom is -0.373 e. The smallest absolute Gasteiger partial charge is 0.268 e. The molecule has 3 rings (SSSR count). The zero-order valence-electron chi connectivity index (χ0n) is 9.69. The first kappa shape index (κ1) is 11.2. The molecule has 2 heterocycles. The van der Waals surface area contributed by atoms with E-state index in [2.05, 4.69) is 21.4 Å². The van der Waals surface area contributed by atoms with E-state index < -0.39 is 0 Å². The van der Waals surface area contributed by atoms with E-state index in [1.54, 1.807) is 0 Å². The largest absolute Gasteiger partial charge is 0.373 e. The average molecular weight is 260 g/mol. The molecule has 2 aromatic heterocycles. The minimum absolute atomic E-state index is 0.180. The monoisotopic (exact) mass is 260 g/mol. The lowest BCUT2D eigenvalue weighted by molar-refractivity contribution is 0.758. The van der Waals surface area contributed by atoms with Crippen molar-refractivity contribution in [2.75, 3.05) is 5.32 Å². The summed E-state index contributed by atoms with van der Waals surface area (Å²) in [5.41, 5.74) is 0.820. The molecule has 92 valence electrons. The third-order valence-corrected chi connectivity index (χ3v) is 4.39. The van der Waals surface area contributed by atoms with Gasteiger partial charge in [-0.05, 0) is 12.8 Å². The minimum atomic E-state index is -0.180. The van der Waals surface area contributed by atoms with Crippen molar-refractivity contribution in [2.45, 2.75) is 31.7 Å². The molecule has 2 N–H and O–H groups in total. The van der Waals surface area contributed by atoms with Crippen molar-refractivity contribution in [1.82, 2.24) is 9.97 Å². The van der Waals surface area contributed by atoms with Gasteiger partial charge >= 0.3 is 0 Å². The van der Waals surface area contributed by atoms with E-state index in [1.807, 2.05) is 0 Å². The zero-order valence-corrected chi connectivity index (χ0v) is 10.5. The van der Waals surface area contributed by atoms with Gasteiger partial charge < -0.3 is 10.3 Å². The summed E-state index contributed by atoms with van der Waals surface area (Å²) in [5.74, 6) is 0. The summed E-state index contributed by atoms with van der Waals surface area (Å²) in [6.07, 6.45) is 6.05. The molecular weight excluding hydrogens is 248 g/mol. The van der Waals surface area contributed by atoms with Gasteiger partial charge in [0, 0.05) is 6.04 Å². The Hall–Kier alpha value is -1.87. The maximum Gasteiger partial charge on any atom is 0.268 e. The van der Waals surface area contributed by atoms with Crippen LogP contribution in [-0.2, 0) is 0 Å². The summed E-state index contributed by atoms with van der Waals surface area (Å²) >= 11 is 1.32. The Morgan fingerprint density at radius 1 is 1.50 bits per heavy atom. The molecule has 0 amide bonds. The molecule has 0 radical (unpaired) electrons. The van der Waals surface area contributed by atoms with Crippen LogP contribution in [0.2, 0.25) is 0 Å². The van der Waals surface area contributed by atoms with E-state index in [0.717, 1.165) is 17.8 Å². The van der Waals surface area contributed by atoms with Crippen LogP contribution in [0.15, 0.2) is 11.1 Å². The van der Waals surface area contributed by atoms with Crippen molar-refractivity contribution in [3.05, 3.63) is 22.2 Å². The fourth-order valence-electron chi connectivity index (χ4n) is 2.38. The number of nitrogens with one attached hydrogen (secondary N) is 2. The van der Waals surface area contributed by atoms with Gasteiger partial charge in [0.1, 0.15) is 26.9 Å². The lowest BCUT2D eigenvalue weighted by atomic mass is 10.2. The summed E-state index contributed by atoms with van der Waals surface area (Å²) in [6, 6.07) is 2.57. The van der Waals surface area contributed by atoms with E-state index in [-0.39, 0.29) is 5.56 Å². The standard InChI is InChI=1S/C12H12N4OS/c13-5-8-9-10(11(17)15-6-14-9)18-12(8)16-7-3-1-2-4-7/h6-7,16H,1-4H2,(H,14,15,17). The maximum atomic E-state index is 11.7. The normalized spacial score (nSPS) is 15.9. The molecule has 18 heavy (non-hydrogen) atoms. The number of anilines is 1. The van der Waals surface area contributed by atoms with Crippen LogP contribution in [0.1, 0.15) is 31.2 Å². The van der Waals surface area contributed by atoms with Gasteiger partial charge in [-0.1, -0.05) is 12.8 Å². The lowest BCUT2D eigenvalue weighted by Crippen LogP contribution is -2.14. The predicted molar refractivity (Wildman–Crippen MR) is 70.8 cm³/mol. The highest BCUT2D eigenvalue weighted by Crippen LogP contribution is 2.34. The van der Waals surface area contributed by atoms with Crippen molar-refractivity contribution >= 4 is 26.6 Å². The highest BCUT2D eigenvalue weighted by Gasteiger charge is 2.20. The lowest BCUT2D eigenvalue weighted by Gasteiger charge is -2.11. The molecular formula is C12H12N4OS. The van der Waals surface area contributed by atoms with Crippen molar-refractivity contribution in [3.8, 4) is 6.07 Å². The van der Waals surface area contributed by atoms with Gasteiger partial charge in [0.15, 0.2) is 0 Å². The number of hydrogen-bond acceptors (Lipinski definition) is 5. The number of thiophene rings is 1. The van der Waals surface area contributed by atoms with Crippen molar-refractivity contribution in [3.63, 3.8) is 0 Å². The molecule has 0 saturated heterocycles. The number of nitrogens with zero attached hydrogens (tertiary/aromatic N) is 2. The number of aromatic nitrogens is 2.